The van der Waals surface area contributed by atoms with E-state index in [1.165, 1.54) is 17.4 Å². The summed E-state index contributed by atoms with van der Waals surface area (Å²) >= 11 is 1.84. The summed E-state index contributed by atoms with van der Waals surface area (Å²) in [5.41, 5.74) is 3.65. The molecule has 166 valence electrons. The first kappa shape index (κ1) is 29.9. The van der Waals surface area contributed by atoms with E-state index in [4.69, 9.17) is 0 Å². The van der Waals surface area contributed by atoms with Crippen molar-refractivity contribution in [3.63, 3.8) is 0 Å². The summed E-state index contributed by atoms with van der Waals surface area (Å²) < 4.78 is 23.1. The molecule has 0 spiro atoms. The van der Waals surface area contributed by atoms with E-state index in [0.29, 0.717) is 4.90 Å². The van der Waals surface area contributed by atoms with Crippen molar-refractivity contribution >= 4 is 27.2 Å². The van der Waals surface area contributed by atoms with Gasteiger partial charge in [-0.2, -0.15) is 11.8 Å². The van der Waals surface area contributed by atoms with Crippen molar-refractivity contribution in [2.75, 3.05) is 18.3 Å². The smallest absolute Gasteiger partial charge is 0.175 e. The molecule has 1 rings (SSSR count). The van der Waals surface area contributed by atoms with Crippen LogP contribution in [0.5, 0.6) is 0 Å². The van der Waals surface area contributed by atoms with Crippen molar-refractivity contribution in [3.05, 3.63) is 59.7 Å². The summed E-state index contributed by atoms with van der Waals surface area (Å²) in [5, 5.41) is 0. The summed E-state index contributed by atoms with van der Waals surface area (Å²) in [5.74, 6) is 1.15. The van der Waals surface area contributed by atoms with Gasteiger partial charge in [0.25, 0.3) is 0 Å². The lowest BCUT2D eigenvalue weighted by molar-refractivity contribution is 0.602. The Hall–Kier alpha value is -1.26. The summed E-state index contributed by atoms with van der Waals surface area (Å²) in [6.07, 6.45) is 16.3. The van der Waals surface area contributed by atoms with Crippen LogP contribution < -0.4 is 0 Å². The molecular weight excluding hydrogens is 396 g/mol. The van der Waals surface area contributed by atoms with Crippen molar-refractivity contribution in [2.45, 2.75) is 72.1 Å². The lowest BCUT2D eigenvalue weighted by Crippen LogP contribution is -1.97. The van der Waals surface area contributed by atoms with Crippen molar-refractivity contribution in [3.8, 4) is 0 Å². The number of allylic oxidation sites excluding steroid dienone is 5. The highest BCUT2D eigenvalue weighted by atomic mass is 32.2. The second-order valence-corrected chi connectivity index (χ2v) is 9.38. The van der Waals surface area contributed by atoms with Crippen LogP contribution in [0.15, 0.2) is 59.0 Å². The molecule has 0 N–H and O–H groups in total. The maximum Gasteiger partial charge on any atom is 0.175 e. The molecule has 0 aromatic heterocycles. The number of thioether (sulfide) groups is 1. The molecule has 2 nitrogen and oxygen atoms in total. The molecule has 29 heavy (non-hydrogen) atoms. The Morgan fingerprint density at radius 3 is 2.07 bits per heavy atom. The number of benzene rings is 1. The monoisotopic (exact) mass is 438 g/mol. The van der Waals surface area contributed by atoms with Gasteiger partial charge in [-0.05, 0) is 62.6 Å². The molecular formula is C25H42O2S2. The van der Waals surface area contributed by atoms with Crippen LogP contribution in [-0.2, 0) is 9.84 Å². The molecule has 0 heterocycles. The van der Waals surface area contributed by atoms with Crippen LogP contribution in [0.1, 0.15) is 72.8 Å². The van der Waals surface area contributed by atoms with Gasteiger partial charge in [0, 0.05) is 12.0 Å². The molecule has 4 heteroatoms. The standard InChI is InChI=1S/C18H26O2S.C5H10S.C2H6/c1-5-7-9-17(14-15(3)8-6-2)16-10-12-18(13-11-16)21(4,19)20;1-3-4-5-6-2;1-2/h8,10-14H,5-7,9H2,1-4H3;3-4H,5H2,1-2H3;1-2H3/b15-8+,17-14-;4-3-;. The molecule has 0 aliphatic carbocycles. The molecule has 0 radical (unpaired) electrons. The Morgan fingerprint density at radius 2 is 1.69 bits per heavy atom. The van der Waals surface area contributed by atoms with Crippen molar-refractivity contribution in [1.29, 1.82) is 0 Å². The molecule has 0 aliphatic heterocycles. The lowest BCUT2D eigenvalue weighted by Gasteiger charge is -2.09. The fourth-order valence-corrected chi connectivity index (χ4v) is 3.45. The summed E-state index contributed by atoms with van der Waals surface area (Å²) in [4.78, 5) is 0.377. The SMILES string of the molecule is C/C=C\CSC.CC.CC/C=C(C)/C=C(/CCCC)c1ccc(S(C)(=O)=O)cc1. The number of sulfone groups is 1. The molecule has 0 atom stereocenters. The van der Waals surface area contributed by atoms with Crippen molar-refractivity contribution < 1.29 is 8.42 Å². The summed E-state index contributed by atoms with van der Waals surface area (Å²) in [6.45, 7) is 12.5. The Morgan fingerprint density at radius 1 is 1.10 bits per heavy atom. The van der Waals surface area contributed by atoms with Crippen LogP contribution in [0.2, 0.25) is 0 Å². The minimum absolute atomic E-state index is 0.377. The largest absolute Gasteiger partial charge is 0.224 e. The predicted molar refractivity (Wildman–Crippen MR) is 136 cm³/mol. The van der Waals surface area contributed by atoms with Gasteiger partial charge in [-0.3, -0.25) is 0 Å². The van der Waals surface area contributed by atoms with Crippen molar-refractivity contribution in [2.24, 2.45) is 0 Å². The Kier molecular flexibility index (Phi) is 19.4. The number of unbranched alkanes of at least 4 members (excludes halogenated alkanes) is 1. The molecule has 0 unspecified atom stereocenters. The number of rotatable bonds is 9. The van der Waals surface area contributed by atoms with E-state index in [1.807, 2.05) is 44.7 Å². The molecule has 0 saturated carbocycles. The maximum absolute atomic E-state index is 11.5. The summed E-state index contributed by atoms with van der Waals surface area (Å²) in [7, 11) is -3.12. The third-order valence-corrected chi connectivity index (χ3v) is 5.53. The first-order valence-corrected chi connectivity index (χ1v) is 13.9. The average Bonchev–Trinajstić information content (AvgIpc) is 2.71. The van der Waals surface area contributed by atoms with Crippen LogP contribution >= 0.6 is 11.8 Å². The topological polar surface area (TPSA) is 34.1 Å². The second kappa shape index (κ2) is 18.7. The molecule has 0 aliphatic rings. The first-order valence-electron chi connectivity index (χ1n) is 10.6. The molecule has 0 amide bonds. The van der Waals surface area contributed by atoms with E-state index in [9.17, 15) is 8.42 Å². The number of hydrogen-bond donors (Lipinski definition) is 0. The van der Waals surface area contributed by atoms with Gasteiger partial charge in [0.1, 0.15) is 0 Å². The minimum atomic E-state index is -3.12. The van der Waals surface area contributed by atoms with Gasteiger partial charge in [0.05, 0.1) is 4.90 Å². The highest BCUT2D eigenvalue weighted by Crippen LogP contribution is 2.24. The Bertz CT molecular complexity index is 710. The summed E-state index contributed by atoms with van der Waals surface area (Å²) in [6, 6.07) is 7.22. The predicted octanol–water partition coefficient (Wildman–Crippen LogP) is 7.97. The van der Waals surface area contributed by atoms with Crippen LogP contribution in [-0.4, -0.2) is 26.7 Å². The molecule has 0 fully saturated rings. The van der Waals surface area contributed by atoms with Gasteiger partial charge in [-0.15, -0.1) is 0 Å². The molecule has 0 saturated heterocycles. The van der Waals surface area contributed by atoms with Gasteiger partial charge in [0.2, 0.25) is 0 Å². The molecule has 1 aromatic rings. The van der Waals surface area contributed by atoms with E-state index < -0.39 is 9.84 Å². The minimum Gasteiger partial charge on any atom is -0.224 e. The van der Waals surface area contributed by atoms with Crippen LogP contribution in [0.3, 0.4) is 0 Å². The van der Waals surface area contributed by atoms with Gasteiger partial charge >= 0.3 is 0 Å². The van der Waals surface area contributed by atoms with Gasteiger partial charge < -0.3 is 0 Å². The van der Waals surface area contributed by atoms with Gasteiger partial charge in [-0.25, -0.2) is 8.42 Å². The zero-order chi connectivity index (χ0) is 22.7. The third-order valence-electron chi connectivity index (χ3n) is 3.88. The quantitative estimate of drug-likeness (QED) is 0.289. The van der Waals surface area contributed by atoms with E-state index in [-0.39, 0.29) is 0 Å². The van der Waals surface area contributed by atoms with Crippen molar-refractivity contribution in [1.82, 2.24) is 0 Å². The molecule has 0 bridgehead atoms. The van der Waals surface area contributed by atoms with Gasteiger partial charge in [0.15, 0.2) is 9.84 Å². The zero-order valence-electron chi connectivity index (χ0n) is 19.8. The van der Waals surface area contributed by atoms with E-state index in [1.54, 1.807) is 12.1 Å². The Labute approximate surface area is 185 Å². The average molecular weight is 439 g/mol. The zero-order valence-corrected chi connectivity index (χ0v) is 21.4. The fourth-order valence-electron chi connectivity index (χ4n) is 2.43. The third kappa shape index (κ3) is 15.3. The molecule has 1 aromatic carbocycles. The van der Waals surface area contributed by atoms with Crippen LogP contribution in [0.4, 0.5) is 0 Å². The maximum atomic E-state index is 11.5. The highest BCUT2D eigenvalue weighted by molar-refractivity contribution is 7.98. The Balaban J connectivity index is 0. The van der Waals surface area contributed by atoms with E-state index >= 15 is 0 Å². The van der Waals surface area contributed by atoms with Crippen LogP contribution in [0, 0.1) is 0 Å². The van der Waals surface area contributed by atoms with E-state index in [0.717, 1.165) is 37.0 Å². The second-order valence-electron chi connectivity index (χ2n) is 6.45. The lowest BCUT2D eigenvalue weighted by atomic mass is 9.98. The first-order chi connectivity index (χ1) is 13.8. The highest BCUT2D eigenvalue weighted by Gasteiger charge is 2.08. The number of hydrogen-bond acceptors (Lipinski definition) is 3. The van der Waals surface area contributed by atoms with Gasteiger partial charge in [-0.1, -0.05) is 76.1 Å². The van der Waals surface area contributed by atoms with E-state index in [2.05, 4.69) is 51.3 Å². The van der Waals surface area contributed by atoms with Crippen LogP contribution in [0.25, 0.3) is 5.57 Å². The normalized spacial score (nSPS) is 12.1. The fraction of sp³-hybridized carbons (Fsp3) is 0.520.